The number of alkyl halides is 3. The molecule has 2 atom stereocenters. The summed E-state index contributed by atoms with van der Waals surface area (Å²) in [5, 5.41) is 9.24. The highest BCUT2D eigenvalue weighted by Gasteiger charge is 2.35. The zero-order chi connectivity index (χ0) is 17.3. The Kier molecular flexibility index (Phi) is 9.13. The Hall–Kier alpha value is -1.27. The summed E-state index contributed by atoms with van der Waals surface area (Å²) in [6.45, 7) is 5.66. The van der Waals surface area contributed by atoms with Crippen LogP contribution in [0.2, 0.25) is 0 Å². The van der Waals surface area contributed by atoms with Crippen LogP contribution in [0.15, 0.2) is 0 Å². The molecule has 0 heterocycles. The summed E-state index contributed by atoms with van der Waals surface area (Å²) in [5.74, 6) is -3.80. The number of carbonyl (C=O) groups excluding carboxylic acids is 1. The van der Waals surface area contributed by atoms with Crippen molar-refractivity contribution in [3.8, 4) is 0 Å². The molecule has 0 saturated carbocycles. The number of ether oxygens (including phenoxy) is 1. The number of carboxylic acid groups (broad SMARTS) is 1. The van der Waals surface area contributed by atoms with Crippen molar-refractivity contribution in [2.75, 3.05) is 6.61 Å². The minimum atomic E-state index is -4.32. The maximum Gasteiger partial charge on any atom is 0.389 e. The molecule has 4 nitrogen and oxygen atoms in total. The number of hydrogen-bond donors (Lipinski definition) is 1. The third-order valence-corrected chi connectivity index (χ3v) is 3.24. The zero-order valence-corrected chi connectivity index (χ0v) is 13.3. The Morgan fingerprint density at radius 2 is 1.73 bits per heavy atom. The van der Waals surface area contributed by atoms with Gasteiger partial charge in [0, 0.05) is 6.42 Å². The van der Waals surface area contributed by atoms with E-state index in [9.17, 15) is 27.9 Å². The highest BCUT2D eigenvalue weighted by molar-refractivity contribution is 5.81. The van der Waals surface area contributed by atoms with Gasteiger partial charge in [-0.1, -0.05) is 27.2 Å². The van der Waals surface area contributed by atoms with Crippen molar-refractivity contribution in [3.63, 3.8) is 0 Å². The molecule has 0 fully saturated rings. The van der Waals surface area contributed by atoms with Crippen LogP contribution in [0.4, 0.5) is 13.2 Å². The summed E-state index contributed by atoms with van der Waals surface area (Å²) in [4.78, 5) is 23.4. The highest BCUT2D eigenvalue weighted by atomic mass is 19.4. The molecule has 0 radical (unpaired) electrons. The predicted molar refractivity (Wildman–Crippen MR) is 75.2 cm³/mol. The Labute approximate surface area is 129 Å². The van der Waals surface area contributed by atoms with E-state index < -0.39 is 36.4 Å². The molecular weight excluding hydrogens is 301 g/mol. The molecule has 0 spiro atoms. The summed E-state index contributed by atoms with van der Waals surface area (Å²) < 4.78 is 41.6. The Bertz CT molecular complexity index is 353. The lowest BCUT2D eigenvalue weighted by Crippen LogP contribution is -2.32. The van der Waals surface area contributed by atoms with Crippen LogP contribution < -0.4 is 0 Å². The lowest BCUT2D eigenvalue weighted by Gasteiger charge is -2.23. The van der Waals surface area contributed by atoms with Crippen LogP contribution >= 0.6 is 0 Å². The third-order valence-electron chi connectivity index (χ3n) is 3.24. The molecule has 0 aromatic rings. The summed E-state index contributed by atoms with van der Waals surface area (Å²) in [5.41, 5.74) is 0. The van der Waals surface area contributed by atoms with Crippen LogP contribution in [0.5, 0.6) is 0 Å². The van der Waals surface area contributed by atoms with Crippen LogP contribution in [-0.2, 0) is 14.3 Å². The number of esters is 1. The second-order valence-corrected chi connectivity index (χ2v) is 5.87. The molecule has 0 bridgehead atoms. The minimum Gasteiger partial charge on any atom is -0.481 e. The molecule has 0 aliphatic rings. The maximum atomic E-state index is 12.2. The van der Waals surface area contributed by atoms with Gasteiger partial charge in [-0.15, -0.1) is 0 Å². The number of carbonyl (C=O) groups is 2. The second kappa shape index (κ2) is 9.69. The molecule has 0 aromatic heterocycles. The van der Waals surface area contributed by atoms with Gasteiger partial charge in [-0.2, -0.15) is 13.2 Å². The van der Waals surface area contributed by atoms with Crippen molar-refractivity contribution in [2.24, 2.45) is 17.8 Å². The Morgan fingerprint density at radius 1 is 1.14 bits per heavy atom. The number of carboxylic acids is 1. The lowest BCUT2D eigenvalue weighted by molar-refractivity contribution is -0.160. The van der Waals surface area contributed by atoms with E-state index in [0.717, 1.165) is 0 Å². The largest absolute Gasteiger partial charge is 0.481 e. The summed E-state index contributed by atoms with van der Waals surface area (Å²) >= 11 is 0. The number of aliphatic carboxylic acids is 1. The van der Waals surface area contributed by atoms with E-state index in [2.05, 4.69) is 0 Å². The maximum absolute atomic E-state index is 12.2. The molecule has 0 saturated heterocycles. The highest BCUT2D eigenvalue weighted by Crippen LogP contribution is 2.29. The van der Waals surface area contributed by atoms with Gasteiger partial charge in [0.05, 0.1) is 18.4 Å². The molecule has 0 aliphatic heterocycles. The van der Waals surface area contributed by atoms with Crippen LogP contribution in [-0.4, -0.2) is 29.8 Å². The van der Waals surface area contributed by atoms with Crippen molar-refractivity contribution >= 4 is 11.9 Å². The van der Waals surface area contributed by atoms with Gasteiger partial charge in [-0.25, -0.2) is 0 Å². The molecule has 22 heavy (non-hydrogen) atoms. The fraction of sp³-hybridized carbons (Fsp3) is 0.867. The molecule has 130 valence electrons. The number of rotatable bonds is 10. The van der Waals surface area contributed by atoms with E-state index in [1.165, 1.54) is 0 Å². The molecule has 0 aliphatic carbocycles. The Balaban J connectivity index is 4.79. The first-order valence-corrected chi connectivity index (χ1v) is 7.54. The number of hydrogen-bond acceptors (Lipinski definition) is 3. The van der Waals surface area contributed by atoms with Gasteiger partial charge in [0.1, 0.15) is 0 Å². The average Bonchev–Trinajstić information content (AvgIpc) is 2.37. The van der Waals surface area contributed by atoms with Crippen molar-refractivity contribution in [1.82, 2.24) is 0 Å². The summed E-state index contributed by atoms with van der Waals surface area (Å²) in [7, 11) is 0. The molecule has 0 aromatic carbocycles. The van der Waals surface area contributed by atoms with Crippen molar-refractivity contribution in [1.29, 1.82) is 0 Å². The van der Waals surface area contributed by atoms with Gasteiger partial charge in [0.25, 0.3) is 0 Å². The van der Waals surface area contributed by atoms with Gasteiger partial charge >= 0.3 is 18.1 Å². The molecule has 0 rings (SSSR count). The quantitative estimate of drug-likeness (QED) is 0.616. The van der Waals surface area contributed by atoms with Gasteiger partial charge < -0.3 is 9.84 Å². The fourth-order valence-corrected chi connectivity index (χ4v) is 2.17. The van der Waals surface area contributed by atoms with Gasteiger partial charge in [-0.05, 0) is 25.2 Å². The van der Waals surface area contributed by atoms with Gasteiger partial charge in [-0.3, -0.25) is 9.59 Å². The van der Waals surface area contributed by atoms with Crippen molar-refractivity contribution < 1.29 is 32.6 Å². The summed E-state index contributed by atoms with van der Waals surface area (Å²) in [6, 6.07) is 0. The first kappa shape index (κ1) is 20.7. The molecule has 1 N–H and O–H groups in total. The standard InChI is InChI=1S/C15H25F3O4/c1-4-6-12(14(21)22-9-10(2)3)11(13(19)20)7-5-8-15(16,17)18/h10-12H,4-9H2,1-3H3,(H,19,20)/t11-,12+/m1/s1. The van der Waals surface area contributed by atoms with Crippen LogP contribution in [0.25, 0.3) is 0 Å². The van der Waals surface area contributed by atoms with Crippen molar-refractivity contribution in [3.05, 3.63) is 0 Å². The number of halogens is 3. The lowest BCUT2D eigenvalue weighted by atomic mass is 9.84. The first-order valence-electron chi connectivity index (χ1n) is 7.54. The molecular formula is C15H25F3O4. The van der Waals surface area contributed by atoms with Crippen LogP contribution in [0.3, 0.4) is 0 Å². The minimum absolute atomic E-state index is 0.111. The second-order valence-electron chi connectivity index (χ2n) is 5.87. The van der Waals surface area contributed by atoms with E-state index in [1.807, 2.05) is 13.8 Å². The van der Waals surface area contributed by atoms with Crippen LogP contribution in [0, 0.1) is 17.8 Å². The Morgan fingerprint density at radius 3 is 2.14 bits per heavy atom. The molecule has 0 amide bonds. The van der Waals surface area contributed by atoms with Gasteiger partial charge in [0.2, 0.25) is 0 Å². The first-order chi connectivity index (χ1) is 10.1. The fourth-order valence-electron chi connectivity index (χ4n) is 2.17. The summed E-state index contributed by atoms with van der Waals surface area (Å²) in [6.07, 6.45) is -5.00. The zero-order valence-electron chi connectivity index (χ0n) is 13.3. The van der Waals surface area contributed by atoms with E-state index in [1.54, 1.807) is 6.92 Å². The smallest absolute Gasteiger partial charge is 0.389 e. The predicted octanol–water partition coefficient (Wildman–Crippen LogP) is 4.04. The van der Waals surface area contributed by atoms with Gasteiger partial charge in [0.15, 0.2) is 0 Å². The normalized spacial score (nSPS) is 14.7. The van der Waals surface area contributed by atoms with Crippen molar-refractivity contribution in [2.45, 2.75) is 59.1 Å². The van der Waals surface area contributed by atoms with E-state index in [-0.39, 0.29) is 25.4 Å². The SMILES string of the molecule is CCC[C@H](C(=O)OCC(C)C)[C@@H](CCCC(F)(F)F)C(=O)O. The monoisotopic (exact) mass is 326 g/mol. The van der Waals surface area contributed by atoms with E-state index in [0.29, 0.717) is 12.8 Å². The van der Waals surface area contributed by atoms with Crippen LogP contribution in [0.1, 0.15) is 52.9 Å². The van der Waals surface area contributed by atoms with E-state index in [4.69, 9.17) is 4.74 Å². The third kappa shape index (κ3) is 8.89. The average molecular weight is 326 g/mol. The molecule has 7 heteroatoms. The van der Waals surface area contributed by atoms with E-state index >= 15 is 0 Å². The molecule has 0 unspecified atom stereocenters. The topological polar surface area (TPSA) is 63.6 Å².